The maximum absolute atomic E-state index is 14.7. The molecule has 0 unspecified atom stereocenters. The number of ether oxygens (including phenoxy) is 1. The summed E-state index contributed by atoms with van der Waals surface area (Å²) in [5, 5.41) is 12.0. The van der Waals surface area contributed by atoms with Crippen molar-refractivity contribution in [2.24, 2.45) is 5.73 Å². The van der Waals surface area contributed by atoms with Gasteiger partial charge in [-0.05, 0) is 48.1 Å². The van der Waals surface area contributed by atoms with E-state index in [1.165, 1.54) is 12.3 Å². The molecule has 4 N–H and O–H groups in total. The number of amides is 1. The first-order valence-electron chi connectivity index (χ1n) is 10.5. The second kappa shape index (κ2) is 10.9. The first kappa shape index (κ1) is 22.8. The van der Waals surface area contributed by atoms with Crippen molar-refractivity contribution in [2.45, 2.75) is 31.8 Å². The van der Waals surface area contributed by atoms with Crippen LogP contribution in [0.4, 0.5) is 4.39 Å². The Morgan fingerprint density at radius 2 is 2.03 bits per heavy atom. The molecule has 0 saturated carbocycles. The van der Waals surface area contributed by atoms with E-state index < -0.39 is 0 Å². The molecule has 0 aromatic heterocycles. The summed E-state index contributed by atoms with van der Waals surface area (Å²) in [5.74, 6) is -0.583. The van der Waals surface area contributed by atoms with Gasteiger partial charge in [0.15, 0.2) is 0 Å². The van der Waals surface area contributed by atoms with Crippen molar-refractivity contribution in [2.75, 3.05) is 26.9 Å². The van der Waals surface area contributed by atoms with Gasteiger partial charge in [-0.3, -0.25) is 4.79 Å². The van der Waals surface area contributed by atoms with E-state index in [-0.39, 0.29) is 30.1 Å². The lowest BCUT2D eigenvalue weighted by Gasteiger charge is -2.34. The van der Waals surface area contributed by atoms with E-state index in [9.17, 15) is 14.3 Å². The zero-order chi connectivity index (χ0) is 22.2. The molecule has 2 aromatic carbocycles. The fraction of sp³-hybridized carbons (Fsp3) is 0.375. The number of nitrogens with one attached hydrogen (secondary N) is 1. The molecule has 166 valence electrons. The summed E-state index contributed by atoms with van der Waals surface area (Å²) in [6.07, 6.45) is 3.46. The van der Waals surface area contributed by atoms with Gasteiger partial charge < -0.3 is 25.8 Å². The highest BCUT2D eigenvalue weighted by Gasteiger charge is 2.27. The SMILES string of the molecule is CN/C=C(\N)C(=O)N(Cc1ccc(F)c(-c2cccc(CCO)c2)c1)C1CCOCC1. The molecular formula is C24H30FN3O3. The summed E-state index contributed by atoms with van der Waals surface area (Å²) in [6.45, 7) is 1.55. The average Bonchev–Trinajstić information content (AvgIpc) is 2.79. The number of carbonyl (C=O) groups excluding carboxylic acids is 1. The van der Waals surface area contributed by atoms with Crippen molar-refractivity contribution >= 4 is 5.91 Å². The largest absolute Gasteiger partial charge is 0.396 e. The van der Waals surface area contributed by atoms with Crippen LogP contribution >= 0.6 is 0 Å². The van der Waals surface area contributed by atoms with Gasteiger partial charge in [0.2, 0.25) is 0 Å². The number of hydrogen-bond donors (Lipinski definition) is 3. The summed E-state index contributed by atoms with van der Waals surface area (Å²) < 4.78 is 20.1. The van der Waals surface area contributed by atoms with Gasteiger partial charge in [-0.25, -0.2) is 4.39 Å². The van der Waals surface area contributed by atoms with Crippen LogP contribution in [0.5, 0.6) is 0 Å². The molecule has 3 rings (SSSR count). The molecule has 0 spiro atoms. The normalized spacial score (nSPS) is 15.0. The second-order valence-corrected chi connectivity index (χ2v) is 7.65. The standard InChI is InChI=1S/C24H30FN3O3/c1-27-15-23(26)24(30)28(20-8-11-31-12-9-20)16-18-5-6-22(25)21(14-18)19-4-2-3-17(13-19)7-10-29/h2-6,13-15,20,27,29H,7-12,16,26H2,1H3/b23-15-. The Morgan fingerprint density at radius 1 is 1.26 bits per heavy atom. The maximum atomic E-state index is 14.7. The number of aliphatic hydroxyl groups excluding tert-OH is 1. The lowest BCUT2D eigenvalue weighted by Crippen LogP contribution is -2.45. The highest BCUT2D eigenvalue weighted by Crippen LogP contribution is 2.27. The molecule has 31 heavy (non-hydrogen) atoms. The van der Waals surface area contributed by atoms with E-state index in [0.29, 0.717) is 31.7 Å². The Hall–Kier alpha value is -2.90. The summed E-state index contributed by atoms with van der Waals surface area (Å²) in [6, 6.07) is 12.4. The van der Waals surface area contributed by atoms with Gasteiger partial charge in [0.05, 0.1) is 0 Å². The Labute approximate surface area is 182 Å². The van der Waals surface area contributed by atoms with Crippen molar-refractivity contribution in [3.8, 4) is 11.1 Å². The average molecular weight is 428 g/mol. The molecule has 7 heteroatoms. The van der Waals surface area contributed by atoms with E-state index in [1.54, 1.807) is 24.1 Å². The Bertz CT molecular complexity index is 926. The van der Waals surface area contributed by atoms with Gasteiger partial charge in [-0.15, -0.1) is 0 Å². The summed E-state index contributed by atoms with van der Waals surface area (Å²) in [4.78, 5) is 14.8. The van der Waals surface area contributed by atoms with E-state index >= 15 is 0 Å². The number of nitrogens with zero attached hydrogens (tertiary/aromatic N) is 1. The maximum Gasteiger partial charge on any atom is 0.271 e. The van der Waals surface area contributed by atoms with Gasteiger partial charge in [0, 0.05) is 51.2 Å². The zero-order valence-electron chi connectivity index (χ0n) is 17.8. The third-order valence-electron chi connectivity index (χ3n) is 5.46. The van der Waals surface area contributed by atoms with Crippen molar-refractivity contribution in [3.05, 3.63) is 71.3 Å². The molecule has 0 atom stereocenters. The summed E-state index contributed by atoms with van der Waals surface area (Å²) >= 11 is 0. The minimum Gasteiger partial charge on any atom is -0.396 e. The number of halogens is 1. The predicted octanol–water partition coefficient (Wildman–Crippen LogP) is 2.55. The first-order chi connectivity index (χ1) is 15.0. The molecule has 6 nitrogen and oxygen atoms in total. The van der Waals surface area contributed by atoms with E-state index in [2.05, 4.69) is 5.32 Å². The fourth-order valence-electron chi connectivity index (χ4n) is 3.86. The lowest BCUT2D eigenvalue weighted by atomic mass is 9.98. The van der Waals surface area contributed by atoms with Crippen LogP contribution in [-0.2, 0) is 22.5 Å². The third kappa shape index (κ3) is 5.83. The molecule has 0 bridgehead atoms. The molecule has 1 saturated heterocycles. The van der Waals surface area contributed by atoms with Crippen LogP contribution in [0.1, 0.15) is 24.0 Å². The van der Waals surface area contributed by atoms with Crippen LogP contribution in [0.25, 0.3) is 11.1 Å². The monoisotopic (exact) mass is 427 g/mol. The highest BCUT2D eigenvalue weighted by molar-refractivity contribution is 5.92. The number of carbonyl (C=O) groups is 1. The van der Waals surface area contributed by atoms with Gasteiger partial charge in [-0.2, -0.15) is 0 Å². The van der Waals surface area contributed by atoms with Gasteiger partial charge >= 0.3 is 0 Å². The minimum absolute atomic E-state index is 0.00596. The van der Waals surface area contributed by atoms with Crippen molar-refractivity contribution in [1.82, 2.24) is 10.2 Å². The number of benzene rings is 2. The molecule has 2 aromatic rings. The molecule has 1 aliphatic rings. The number of nitrogens with two attached hydrogens (primary N) is 1. The number of aliphatic hydroxyl groups is 1. The summed E-state index contributed by atoms with van der Waals surface area (Å²) in [5.41, 5.74) is 9.07. The Morgan fingerprint density at radius 3 is 2.74 bits per heavy atom. The number of hydrogen-bond acceptors (Lipinski definition) is 5. The van der Waals surface area contributed by atoms with Crippen molar-refractivity contribution in [1.29, 1.82) is 0 Å². The number of rotatable bonds is 8. The smallest absolute Gasteiger partial charge is 0.271 e. The molecule has 0 aliphatic carbocycles. The van der Waals surface area contributed by atoms with Crippen molar-refractivity contribution in [3.63, 3.8) is 0 Å². The highest BCUT2D eigenvalue weighted by atomic mass is 19.1. The van der Waals surface area contributed by atoms with E-state index in [1.807, 2.05) is 24.3 Å². The molecule has 1 heterocycles. The van der Waals surface area contributed by atoms with E-state index in [4.69, 9.17) is 10.5 Å². The van der Waals surface area contributed by atoms with Crippen LogP contribution < -0.4 is 11.1 Å². The lowest BCUT2D eigenvalue weighted by molar-refractivity contribution is -0.132. The van der Waals surface area contributed by atoms with Crippen LogP contribution in [0, 0.1) is 5.82 Å². The predicted molar refractivity (Wildman–Crippen MR) is 118 cm³/mol. The fourth-order valence-corrected chi connectivity index (χ4v) is 3.86. The topological polar surface area (TPSA) is 87.8 Å². The third-order valence-corrected chi connectivity index (χ3v) is 5.46. The van der Waals surface area contributed by atoms with E-state index in [0.717, 1.165) is 29.5 Å². The van der Waals surface area contributed by atoms with Gasteiger partial charge in [0.25, 0.3) is 5.91 Å². The molecule has 0 radical (unpaired) electrons. The van der Waals surface area contributed by atoms with Crippen LogP contribution in [-0.4, -0.2) is 48.8 Å². The van der Waals surface area contributed by atoms with Gasteiger partial charge in [0.1, 0.15) is 11.5 Å². The Kier molecular flexibility index (Phi) is 8.03. The first-order valence-corrected chi connectivity index (χ1v) is 10.5. The molecule has 1 aliphatic heterocycles. The zero-order valence-corrected chi connectivity index (χ0v) is 17.8. The van der Waals surface area contributed by atoms with Crippen molar-refractivity contribution < 1.29 is 19.0 Å². The summed E-state index contributed by atoms with van der Waals surface area (Å²) in [7, 11) is 1.69. The quantitative estimate of drug-likeness (QED) is 0.564. The van der Waals surface area contributed by atoms with Crippen LogP contribution in [0.3, 0.4) is 0 Å². The minimum atomic E-state index is -0.330. The molecular weight excluding hydrogens is 397 g/mol. The van der Waals surface area contributed by atoms with Crippen LogP contribution in [0.2, 0.25) is 0 Å². The Balaban J connectivity index is 1.91. The molecule has 1 amide bonds. The second-order valence-electron chi connectivity index (χ2n) is 7.65. The molecule has 1 fully saturated rings. The van der Waals surface area contributed by atoms with Gasteiger partial charge in [-0.1, -0.05) is 30.3 Å². The van der Waals surface area contributed by atoms with Crippen LogP contribution in [0.15, 0.2) is 54.4 Å².